The van der Waals surface area contributed by atoms with Gasteiger partial charge in [-0.05, 0) is 48.5 Å². The van der Waals surface area contributed by atoms with E-state index in [1.54, 1.807) is 48.5 Å². The van der Waals surface area contributed by atoms with Crippen LogP contribution < -0.4 is 19.5 Å². The third-order valence-corrected chi connectivity index (χ3v) is 7.44. The molecule has 0 atom stereocenters. The molecule has 1 aliphatic rings. The zero-order chi connectivity index (χ0) is 21.1. The van der Waals surface area contributed by atoms with E-state index in [0.717, 1.165) is 11.3 Å². The summed E-state index contributed by atoms with van der Waals surface area (Å²) in [6.07, 6.45) is 0. The predicted octanol–water partition coefficient (Wildman–Crippen LogP) is 3.90. The van der Waals surface area contributed by atoms with Gasteiger partial charge in [0.05, 0.1) is 12.2 Å². The first-order chi connectivity index (χ1) is 14.4. The van der Waals surface area contributed by atoms with Crippen LogP contribution in [0.2, 0.25) is 5.02 Å². The third kappa shape index (κ3) is 4.69. The Hall–Kier alpha value is -2.75. The van der Waals surface area contributed by atoms with Crippen LogP contribution in [0.5, 0.6) is 11.5 Å². The second-order valence-corrected chi connectivity index (χ2v) is 9.89. The molecule has 0 saturated heterocycles. The number of rotatable bonds is 6. The molecule has 2 N–H and O–H groups in total. The molecule has 1 aliphatic heterocycles. The molecule has 2 heterocycles. The molecule has 0 spiro atoms. The Morgan fingerprint density at radius 3 is 2.50 bits per heavy atom. The molecule has 1 aromatic heterocycles. The van der Waals surface area contributed by atoms with Crippen molar-refractivity contribution in [3.05, 3.63) is 70.1 Å². The summed E-state index contributed by atoms with van der Waals surface area (Å²) in [7, 11) is -3.77. The Morgan fingerprint density at radius 1 is 1.00 bits per heavy atom. The lowest BCUT2D eigenvalue weighted by atomic mass is 10.2. The van der Waals surface area contributed by atoms with Crippen LogP contribution in [-0.2, 0) is 16.6 Å². The van der Waals surface area contributed by atoms with E-state index in [4.69, 9.17) is 21.1 Å². The van der Waals surface area contributed by atoms with Gasteiger partial charge in [-0.25, -0.2) is 8.42 Å². The number of anilines is 1. The first-order valence-corrected chi connectivity index (χ1v) is 11.6. The molecule has 0 saturated carbocycles. The third-order valence-electron chi connectivity index (χ3n) is 4.23. The van der Waals surface area contributed by atoms with E-state index in [1.807, 2.05) is 0 Å². The fourth-order valence-electron chi connectivity index (χ4n) is 2.78. The van der Waals surface area contributed by atoms with Gasteiger partial charge in [0, 0.05) is 21.5 Å². The number of carbonyl (C=O) groups excluding carboxylic acids is 1. The van der Waals surface area contributed by atoms with E-state index >= 15 is 0 Å². The summed E-state index contributed by atoms with van der Waals surface area (Å²) >= 11 is 6.91. The minimum atomic E-state index is -3.77. The normalized spacial score (nSPS) is 13.0. The molecular weight excluding hydrogens is 448 g/mol. The number of sulfonamides is 1. The van der Waals surface area contributed by atoms with Crippen LogP contribution in [0, 0.1) is 0 Å². The van der Waals surface area contributed by atoms with Crippen LogP contribution in [0.4, 0.5) is 5.69 Å². The van der Waals surface area contributed by atoms with Crippen molar-refractivity contribution in [1.29, 1.82) is 0 Å². The molecule has 0 radical (unpaired) electrons. The largest absolute Gasteiger partial charge is 0.486 e. The van der Waals surface area contributed by atoms with Gasteiger partial charge in [0.15, 0.2) is 11.5 Å². The van der Waals surface area contributed by atoms with Gasteiger partial charge in [-0.1, -0.05) is 11.6 Å². The summed E-state index contributed by atoms with van der Waals surface area (Å²) in [6, 6.07) is 14.6. The number of thiophene rings is 1. The highest BCUT2D eigenvalue weighted by Crippen LogP contribution is 2.33. The van der Waals surface area contributed by atoms with Gasteiger partial charge >= 0.3 is 0 Å². The van der Waals surface area contributed by atoms with E-state index in [0.29, 0.717) is 45.9 Å². The Labute approximate surface area is 182 Å². The maximum Gasteiger partial charge on any atom is 0.271 e. The van der Waals surface area contributed by atoms with Crippen molar-refractivity contribution in [2.24, 2.45) is 0 Å². The van der Waals surface area contributed by atoms with E-state index in [2.05, 4.69) is 10.0 Å². The summed E-state index contributed by atoms with van der Waals surface area (Å²) in [5, 5.41) is 3.31. The second-order valence-electron chi connectivity index (χ2n) is 6.37. The predicted molar refractivity (Wildman–Crippen MR) is 115 cm³/mol. The van der Waals surface area contributed by atoms with Gasteiger partial charge in [0.1, 0.15) is 17.4 Å². The molecule has 0 bridgehead atoms. The molecule has 1 amide bonds. The number of halogens is 1. The maximum absolute atomic E-state index is 12.7. The van der Waals surface area contributed by atoms with Crippen molar-refractivity contribution in [2.75, 3.05) is 17.9 Å². The van der Waals surface area contributed by atoms with Crippen molar-refractivity contribution in [3.63, 3.8) is 0 Å². The molecule has 4 rings (SSSR count). The van der Waals surface area contributed by atoms with Crippen molar-refractivity contribution >= 4 is 44.6 Å². The Bertz CT molecular complexity index is 1180. The molecule has 30 heavy (non-hydrogen) atoms. The second kappa shape index (κ2) is 8.55. The van der Waals surface area contributed by atoms with Gasteiger partial charge in [-0.3, -0.25) is 9.52 Å². The zero-order valence-corrected chi connectivity index (χ0v) is 17.9. The molecule has 0 unspecified atom stereocenters. The molecule has 2 aromatic carbocycles. The molecule has 156 valence electrons. The highest BCUT2D eigenvalue weighted by Gasteiger charge is 2.19. The Morgan fingerprint density at radius 2 is 1.73 bits per heavy atom. The molecular formula is C20H17ClN2O5S2. The van der Waals surface area contributed by atoms with Crippen molar-refractivity contribution in [3.8, 4) is 11.5 Å². The van der Waals surface area contributed by atoms with Gasteiger partial charge in [-0.2, -0.15) is 0 Å². The highest BCUT2D eigenvalue weighted by molar-refractivity contribution is 7.94. The molecule has 10 heteroatoms. The number of nitrogens with one attached hydrogen (secondary N) is 2. The lowest BCUT2D eigenvalue weighted by Crippen LogP contribution is -2.22. The van der Waals surface area contributed by atoms with Crippen molar-refractivity contribution in [1.82, 2.24) is 5.32 Å². The number of benzene rings is 2. The zero-order valence-electron chi connectivity index (χ0n) is 15.6. The van der Waals surface area contributed by atoms with Crippen LogP contribution >= 0.6 is 22.9 Å². The fourth-order valence-corrected chi connectivity index (χ4v) is 5.25. The average molecular weight is 465 g/mol. The number of carbonyl (C=O) groups is 1. The maximum atomic E-state index is 12.7. The van der Waals surface area contributed by atoms with E-state index in [1.165, 1.54) is 6.07 Å². The first-order valence-electron chi connectivity index (χ1n) is 8.96. The Balaban J connectivity index is 1.41. The topological polar surface area (TPSA) is 93.7 Å². The van der Waals surface area contributed by atoms with Gasteiger partial charge in [0.25, 0.3) is 15.9 Å². The SMILES string of the molecule is O=C(NCc1ccc(S(=O)(=O)Nc2ccc3c(c2)OCCO3)s1)c1ccc(Cl)cc1. The fraction of sp³-hybridized carbons (Fsp3) is 0.150. The van der Waals surface area contributed by atoms with E-state index < -0.39 is 10.0 Å². The summed E-state index contributed by atoms with van der Waals surface area (Å²) < 4.78 is 39.0. The Kier molecular flexibility index (Phi) is 5.85. The molecule has 0 aliphatic carbocycles. The van der Waals surface area contributed by atoms with Gasteiger partial charge in [0.2, 0.25) is 0 Å². The number of ether oxygens (including phenoxy) is 2. The number of amides is 1. The first kappa shape index (κ1) is 20.5. The number of hydrogen-bond donors (Lipinski definition) is 2. The highest BCUT2D eigenvalue weighted by atomic mass is 35.5. The van der Waals surface area contributed by atoms with Crippen LogP contribution in [0.25, 0.3) is 0 Å². The van der Waals surface area contributed by atoms with Crippen LogP contribution in [0.15, 0.2) is 58.8 Å². The van der Waals surface area contributed by atoms with E-state index in [9.17, 15) is 13.2 Å². The summed E-state index contributed by atoms with van der Waals surface area (Å²) in [6.45, 7) is 1.09. The summed E-state index contributed by atoms with van der Waals surface area (Å²) in [5.41, 5.74) is 0.856. The number of fused-ring (bicyclic) bond motifs is 1. The average Bonchev–Trinajstić information content (AvgIpc) is 3.22. The summed E-state index contributed by atoms with van der Waals surface area (Å²) in [5.74, 6) is 0.816. The lowest BCUT2D eigenvalue weighted by molar-refractivity contribution is 0.0951. The van der Waals surface area contributed by atoms with Crippen LogP contribution in [-0.4, -0.2) is 27.5 Å². The lowest BCUT2D eigenvalue weighted by Gasteiger charge is -2.19. The standard InChI is InChI=1S/C20H17ClN2O5S2/c21-14-3-1-13(2-4-14)20(24)22-12-16-6-8-19(29-16)30(25,26)23-15-5-7-17-18(11-15)28-10-9-27-17/h1-8,11,23H,9-10,12H2,(H,22,24). The molecule has 0 fully saturated rings. The summed E-state index contributed by atoms with van der Waals surface area (Å²) in [4.78, 5) is 12.9. The van der Waals surface area contributed by atoms with E-state index in [-0.39, 0.29) is 16.7 Å². The minimum absolute atomic E-state index is 0.146. The van der Waals surface area contributed by atoms with Crippen molar-refractivity contribution < 1.29 is 22.7 Å². The molecule has 3 aromatic rings. The smallest absolute Gasteiger partial charge is 0.271 e. The van der Waals surface area contributed by atoms with Gasteiger partial charge < -0.3 is 14.8 Å². The van der Waals surface area contributed by atoms with Crippen LogP contribution in [0.3, 0.4) is 0 Å². The van der Waals surface area contributed by atoms with Gasteiger partial charge in [-0.15, -0.1) is 11.3 Å². The monoisotopic (exact) mass is 464 g/mol. The molecule has 7 nitrogen and oxygen atoms in total. The minimum Gasteiger partial charge on any atom is -0.486 e. The van der Waals surface area contributed by atoms with Crippen molar-refractivity contribution in [2.45, 2.75) is 10.8 Å². The number of hydrogen-bond acceptors (Lipinski definition) is 6. The quantitative estimate of drug-likeness (QED) is 0.577. The van der Waals surface area contributed by atoms with Crippen LogP contribution in [0.1, 0.15) is 15.2 Å².